The van der Waals surface area contributed by atoms with Crippen LogP contribution in [0, 0.1) is 6.92 Å². The summed E-state index contributed by atoms with van der Waals surface area (Å²) in [7, 11) is 0. The van der Waals surface area contributed by atoms with Crippen molar-refractivity contribution < 1.29 is 9.21 Å². The third-order valence-corrected chi connectivity index (χ3v) is 5.47. The maximum atomic E-state index is 12.5. The van der Waals surface area contributed by atoms with Gasteiger partial charge in [0.05, 0.1) is 12.2 Å². The zero-order chi connectivity index (χ0) is 18.1. The van der Waals surface area contributed by atoms with Gasteiger partial charge in [0, 0.05) is 26.4 Å². The van der Waals surface area contributed by atoms with Gasteiger partial charge < -0.3 is 9.73 Å². The normalized spacial score (nSPS) is 11.0. The van der Waals surface area contributed by atoms with Crippen LogP contribution in [0.4, 0.5) is 0 Å². The Balaban J connectivity index is 1.49. The van der Waals surface area contributed by atoms with Crippen LogP contribution in [0.15, 0.2) is 62.8 Å². The number of hydrogen-bond donors (Lipinski definition) is 1. The highest BCUT2D eigenvalue weighted by molar-refractivity contribution is 9.10. The molecule has 0 unspecified atom stereocenters. The van der Waals surface area contributed by atoms with Crippen LogP contribution in [0.2, 0.25) is 0 Å². The van der Waals surface area contributed by atoms with Crippen LogP contribution in [-0.2, 0) is 6.54 Å². The van der Waals surface area contributed by atoms with Crippen molar-refractivity contribution in [2.45, 2.75) is 13.5 Å². The van der Waals surface area contributed by atoms with E-state index in [-0.39, 0.29) is 5.91 Å². The molecule has 1 amide bonds. The molecule has 0 saturated heterocycles. The maximum absolute atomic E-state index is 12.5. The largest absolute Gasteiger partial charge is 0.451 e. The maximum Gasteiger partial charge on any atom is 0.287 e. The molecule has 130 valence electrons. The van der Waals surface area contributed by atoms with E-state index in [1.165, 1.54) is 11.3 Å². The van der Waals surface area contributed by atoms with E-state index in [0.717, 1.165) is 31.7 Å². The molecule has 0 aliphatic rings. The lowest BCUT2D eigenvalue weighted by atomic mass is 10.1. The van der Waals surface area contributed by atoms with Gasteiger partial charge in [-0.2, -0.15) is 0 Å². The molecule has 0 atom stereocenters. The zero-order valence-electron chi connectivity index (χ0n) is 14.0. The van der Waals surface area contributed by atoms with Crippen LogP contribution < -0.4 is 5.32 Å². The van der Waals surface area contributed by atoms with E-state index in [0.29, 0.717) is 17.9 Å². The van der Waals surface area contributed by atoms with Crippen LogP contribution in [-0.4, -0.2) is 10.9 Å². The first kappa shape index (κ1) is 17.0. The summed E-state index contributed by atoms with van der Waals surface area (Å²) < 4.78 is 6.68. The fraction of sp³-hybridized carbons (Fsp3) is 0.100. The first-order valence-electron chi connectivity index (χ1n) is 8.08. The molecule has 0 bridgehead atoms. The molecule has 2 aromatic carbocycles. The number of halogens is 1. The number of benzene rings is 2. The predicted octanol–water partition coefficient (Wildman–Crippen LogP) is 5.56. The minimum absolute atomic E-state index is 0.230. The molecule has 0 radical (unpaired) electrons. The molecule has 2 aromatic heterocycles. The number of nitrogens with one attached hydrogen (secondary N) is 1. The first-order valence-corrected chi connectivity index (χ1v) is 9.76. The second-order valence-corrected chi connectivity index (χ2v) is 7.73. The summed E-state index contributed by atoms with van der Waals surface area (Å²) in [4.78, 5) is 17.1. The van der Waals surface area contributed by atoms with Gasteiger partial charge in [0.15, 0.2) is 5.76 Å². The Bertz CT molecular complexity index is 1090. The first-order chi connectivity index (χ1) is 12.6. The Morgan fingerprint density at radius 1 is 1.23 bits per heavy atom. The molecule has 2 heterocycles. The smallest absolute Gasteiger partial charge is 0.287 e. The van der Waals surface area contributed by atoms with Gasteiger partial charge in [-0.05, 0) is 25.1 Å². The van der Waals surface area contributed by atoms with Gasteiger partial charge in [-0.1, -0.05) is 46.3 Å². The number of aromatic nitrogens is 1. The number of hydrogen-bond acceptors (Lipinski definition) is 4. The van der Waals surface area contributed by atoms with Crippen LogP contribution in [0.5, 0.6) is 0 Å². The molecular weight excluding hydrogens is 412 g/mol. The number of amides is 1. The molecule has 0 saturated carbocycles. The number of furan rings is 1. The molecular formula is C20H15BrN2O2S. The lowest BCUT2D eigenvalue weighted by Crippen LogP contribution is -2.22. The number of fused-ring (bicyclic) bond motifs is 1. The van der Waals surface area contributed by atoms with Crippen LogP contribution >= 0.6 is 27.3 Å². The number of nitrogens with zero attached hydrogens (tertiary/aromatic N) is 1. The molecule has 6 heteroatoms. The van der Waals surface area contributed by atoms with Crippen molar-refractivity contribution in [3.8, 4) is 11.3 Å². The van der Waals surface area contributed by atoms with E-state index in [1.54, 1.807) is 0 Å². The van der Waals surface area contributed by atoms with Gasteiger partial charge in [0.1, 0.15) is 10.6 Å². The Hall–Kier alpha value is -2.44. The molecule has 26 heavy (non-hydrogen) atoms. The molecule has 0 aliphatic carbocycles. The van der Waals surface area contributed by atoms with E-state index in [4.69, 9.17) is 4.42 Å². The summed E-state index contributed by atoms with van der Waals surface area (Å²) in [6.45, 7) is 2.26. The summed E-state index contributed by atoms with van der Waals surface area (Å²) in [6.07, 6.45) is 0. The zero-order valence-corrected chi connectivity index (χ0v) is 16.4. The second-order valence-electron chi connectivity index (χ2n) is 5.87. The quantitative estimate of drug-likeness (QED) is 0.464. The van der Waals surface area contributed by atoms with E-state index >= 15 is 0 Å². The fourth-order valence-electron chi connectivity index (χ4n) is 2.78. The summed E-state index contributed by atoms with van der Waals surface area (Å²) in [5.74, 6) is 0.115. The number of carbonyl (C=O) groups excluding carboxylic acids is 1. The Morgan fingerprint density at radius 3 is 2.85 bits per heavy atom. The number of aryl methyl sites for hydroxylation is 1. The van der Waals surface area contributed by atoms with Crippen molar-refractivity contribution in [2.24, 2.45) is 0 Å². The number of rotatable bonds is 4. The van der Waals surface area contributed by atoms with Crippen LogP contribution in [0.1, 0.15) is 21.1 Å². The van der Waals surface area contributed by atoms with Crippen molar-refractivity contribution in [1.29, 1.82) is 0 Å². The monoisotopic (exact) mass is 426 g/mol. The van der Waals surface area contributed by atoms with Crippen molar-refractivity contribution in [1.82, 2.24) is 10.3 Å². The second kappa shape index (κ2) is 7.05. The van der Waals surface area contributed by atoms with Gasteiger partial charge >= 0.3 is 0 Å². The standard InChI is InChI=1S/C20H15BrN2O2S/c1-12-15-9-14(21)7-8-17(15)25-19(12)20(24)22-10-18-23-16(11-26-18)13-5-3-2-4-6-13/h2-9,11H,10H2,1H3,(H,22,24). The summed E-state index contributed by atoms with van der Waals surface area (Å²) in [5.41, 5.74) is 3.53. The molecule has 4 nitrogen and oxygen atoms in total. The SMILES string of the molecule is Cc1c(C(=O)NCc2nc(-c3ccccc3)cs2)oc2ccc(Br)cc12. The third kappa shape index (κ3) is 3.30. The van der Waals surface area contributed by atoms with Gasteiger partial charge in [-0.15, -0.1) is 11.3 Å². The minimum Gasteiger partial charge on any atom is -0.451 e. The highest BCUT2D eigenvalue weighted by Crippen LogP contribution is 2.28. The summed E-state index contributed by atoms with van der Waals surface area (Å²) in [5, 5.41) is 6.69. The predicted molar refractivity (Wildman–Crippen MR) is 107 cm³/mol. The minimum atomic E-state index is -0.230. The van der Waals surface area contributed by atoms with Gasteiger partial charge in [-0.25, -0.2) is 4.98 Å². The molecule has 0 aliphatic heterocycles. The van der Waals surface area contributed by atoms with E-state index in [1.807, 2.05) is 60.8 Å². The van der Waals surface area contributed by atoms with Gasteiger partial charge in [0.25, 0.3) is 5.91 Å². The van der Waals surface area contributed by atoms with Crippen molar-refractivity contribution in [2.75, 3.05) is 0 Å². The average molecular weight is 427 g/mol. The van der Waals surface area contributed by atoms with Crippen LogP contribution in [0.3, 0.4) is 0 Å². The number of thiazole rings is 1. The average Bonchev–Trinajstić information content (AvgIpc) is 3.26. The lowest BCUT2D eigenvalue weighted by molar-refractivity contribution is 0.0924. The summed E-state index contributed by atoms with van der Waals surface area (Å²) in [6, 6.07) is 15.7. The van der Waals surface area contributed by atoms with Crippen molar-refractivity contribution in [3.05, 3.63) is 74.7 Å². The van der Waals surface area contributed by atoms with E-state index in [2.05, 4.69) is 26.2 Å². The molecule has 4 aromatic rings. The summed E-state index contributed by atoms with van der Waals surface area (Å²) >= 11 is 4.98. The molecule has 1 N–H and O–H groups in total. The van der Waals surface area contributed by atoms with Crippen molar-refractivity contribution in [3.63, 3.8) is 0 Å². The highest BCUT2D eigenvalue weighted by atomic mass is 79.9. The van der Waals surface area contributed by atoms with Crippen LogP contribution in [0.25, 0.3) is 22.2 Å². The number of carbonyl (C=O) groups is 1. The third-order valence-electron chi connectivity index (χ3n) is 4.13. The Labute approximate surface area is 163 Å². The Morgan fingerprint density at radius 2 is 2.04 bits per heavy atom. The van der Waals surface area contributed by atoms with E-state index < -0.39 is 0 Å². The molecule has 0 fully saturated rings. The van der Waals surface area contributed by atoms with Crippen molar-refractivity contribution >= 4 is 44.1 Å². The Kier molecular flexibility index (Phi) is 4.61. The van der Waals surface area contributed by atoms with Gasteiger partial charge in [-0.3, -0.25) is 4.79 Å². The highest BCUT2D eigenvalue weighted by Gasteiger charge is 2.18. The molecule has 0 spiro atoms. The van der Waals surface area contributed by atoms with E-state index in [9.17, 15) is 4.79 Å². The topological polar surface area (TPSA) is 55.1 Å². The van der Waals surface area contributed by atoms with Gasteiger partial charge in [0.2, 0.25) is 0 Å². The molecule has 4 rings (SSSR count). The lowest BCUT2D eigenvalue weighted by Gasteiger charge is -2.01. The fourth-order valence-corrected chi connectivity index (χ4v) is 3.88.